The topological polar surface area (TPSA) is 55.1 Å². The number of hydrogen-bond acceptors (Lipinski definition) is 2. The summed E-state index contributed by atoms with van der Waals surface area (Å²) in [7, 11) is 0. The third-order valence-corrected chi connectivity index (χ3v) is 3.64. The Kier molecular flexibility index (Phi) is 8.48. The summed E-state index contributed by atoms with van der Waals surface area (Å²) >= 11 is 0. The molecule has 4 heteroatoms. The highest BCUT2D eigenvalue weighted by Gasteiger charge is 2.15. The lowest BCUT2D eigenvalue weighted by atomic mass is 10.0. The summed E-state index contributed by atoms with van der Waals surface area (Å²) in [6, 6.07) is 5.84. The average molecular weight is 294 g/mol. The number of anilines is 1. The molecule has 0 saturated carbocycles. The molecule has 0 aromatic heterocycles. The van der Waals surface area contributed by atoms with E-state index in [4.69, 9.17) is 5.73 Å². The van der Waals surface area contributed by atoms with Gasteiger partial charge < -0.3 is 11.1 Å². The Bertz CT molecular complexity index is 423. The lowest BCUT2D eigenvalue weighted by molar-refractivity contribution is -0.118. The second-order valence-electron chi connectivity index (χ2n) is 5.49. The molecule has 0 bridgehead atoms. The van der Waals surface area contributed by atoms with Gasteiger partial charge in [0.25, 0.3) is 0 Å². The molecule has 1 atom stereocenters. The van der Waals surface area contributed by atoms with Gasteiger partial charge in [0.05, 0.1) is 5.69 Å². The zero-order chi connectivity index (χ0) is 15.5. The maximum Gasteiger partial charge on any atom is 0.239 e. The number of carbonyl (C=O) groups excluding carboxylic acids is 1. The van der Waals surface area contributed by atoms with Crippen molar-refractivity contribution in [1.82, 2.24) is 0 Å². The van der Waals surface area contributed by atoms with E-state index in [1.807, 2.05) is 0 Å². The first kappa shape index (κ1) is 17.5. The third-order valence-electron chi connectivity index (χ3n) is 3.64. The summed E-state index contributed by atoms with van der Waals surface area (Å²) in [6.45, 7) is 2.20. The van der Waals surface area contributed by atoms with Crippen molar-refractivity contribution in [3.63, 3.8) is 0 Å². The molecule has 1 rings (SSSR count). The fourth-order valence-electron chi connectivity index (χ4n) is 2.36. The van der Waals surface area contributed by atoms with Crippen molar-refractivity contribution in [2.24, 2.45) is 5.73 Å². The van der Waals surface area contributed by atoms with E-state index in [1.54, 1.807) is 18.2 Å². The van der Waals surface area contributed by atoms with Crippen LogP contribution in [0.4, 0.5) is 10.1 Å². The number of carbonyl (C=O) groups is 1. The lowest BCUT2D eigenvalue weighted by Gasteiger charge is -2.17. The molecule has 0 radical (unpaired) electrons. The molecular weight excluding hydrogens is 267 g/mol. The fourth-order valence-corrected chi connectivity index (χ4v) is 2.36. The Balaban J connectivity index is 2.31. The predicted octanol–water partition coefficient (Wildman–Crippen LogP) is 4.23. The number of rotatable bonds is 11. The van der Waals surface area contributed by atoms with Crippen molar-refractivity contribution in [2.45, 2.75) is 64.3 Å². The molecule has 0 heterocycles. The molecule has 0 saturated heterocycles. The number of nitrogens with two attached hydrogens (primary N) is 1. The van der Waals surface area contributed by atoms with Gasteiger partial charge in [-0.2, -0.15) is 0 Å². The van der Waals surface area contributed by atoms with E-state index >= 15 is 0 Å². The second-order valence-corrected chi connectivity index (χ2v) is 5.49. The van der Waals surface area contributed by atoms with E-state index in [0.717, 1.165) is 12.8 Å². The van der Waals surface area contributed by atoms with Crippen LogP contribution in [-0.4, -0.2) is 11.9 Å². The van der Waals surface area contributed by atoms with Crippen molar-refractivity contribution in [3.8, 4) is 0 Å². The van der Waals surface area contributed by atoms with Crippen LogP contribution in [0.25, 0.3) is 0 Å². The van der Waals surface area contributed by atoms with Crippen LogP contribution in [0.5, 0.6) is 0 Å². The number of benzene rings is 1. The first-order valence-corrected chi connectivity index (χ1v) is 7.95. The van der Waals surface area contributed by atoms with Crippen LogP contribution in [0.3, 0.4) is 0 Å². The Morgan fingerprint density at radius 2 is 1.76 bits per heavy atom. The summed E-state index contributed by atoms with van der Waals surface area (Å²) in [4.78, 5) is 11.5. The van der Waals surface area contributed by atoms with Crippen molar-refractivity contribution < 1.29 is 9.18 Å². The molecule has 0 fully saturated rings. The number of nitrogens with one attached hydrogen (secondary N) is 1. The molecule has 1 unspecified atom stereocenters. The minimum Gasteiger partial charge on any atom is -0.371 e. The first-order chi connectivity index (χ1) is 10.1. The van der Waals surface area contributed by atoms with E-state index in [-0.39, 0.29) is 5.82 Å². The zero-order valence-corrected chi connectivity index (χ0v) is 12.9. The van der Waals surface area contributed by atoms with Crippen molar-refractivity contribution >= 4 is 11.6 Å². The van der Waals surface area contributed by atoms with Crippen molar-refractivity contribution in [1.29, 1.82) is 0 Å². The summed E-state index contributed by atoms with van der Waals surface area (Å²) < 4.78 is 13.6. The van der Waals surface area contributed by atoms with Gasteiger partial charge in [-0.05, 0) is 18.6 Å². The predicted molar refractivity (Wildman–Crippen MR) is 85.6 cm³/mol. The molecule has 0 aliphatic carbocycles. The summed E-state index contributed by atoms with van der Waals surface area (Å²) in [5.74, 6) is -0.785. The summed E-state index contributed by atoms with van der Waals surface area (Å²) in [6.07, 6.45) is 8.92. The van der Waals surface area contributed by atoms with Crippen LogP contribution in [-0.2, 0) is 4.79 Å². The highest BCUT2D eigenvalue weighted by atomic mass is 19.1. The molecule has 1 amide bonds. The molecular formula is C17H27FN2O. The molecule has 0 spiro atoms. The Morgan fingerprint density at radius 3 is 2.38 bits per heavy atom. The Hall–Kier alpha value is -1.58. The van der Waals surface area contributed by atoms with Crippen LogP contribution >= 0.6 is 0 Å². The van der Waals surface area contributed by atoms with Crippen LogP contribution in [0, 0.1) is 5.82 Å². The number of primary amides is 1. The molecule has 3 nitrogen and oxygen atoms in total. The van der Waals surface area contributed by atoms with E-state index in [9.17, 15) is 9.18 Å². The summed E-state index contributed by atoms with van der Waals surface area (Å²) in [5, 5.41) is 2.91. The highest BCUT2D eigenvalue weighted by molar-refractivity contribution is 5.82. The third kappa shape index (κ3) is 7.11. The maximum absolute atomic E-state index is 13.6. The van der Waals surface area contributed by atoms with Crippen LogP contribution < -0.4 is 11.1 Å². The van der Waals surface area contributed by atoms with Crippen LogP contribution in [0.2, 0.25) is 0 Å². The molecule has 118 valence electrons. The number of unbranched alkanes of at least 4 members (excludes halogenated alkanes) is 6. The second kappa shape index (κ2) is 10.2. The van der Waals surface area contributed by atoms with Gasteiger partial charge >= 0.3 is 0 Å². The number of halogens is 1. The monoisotopic (exact) mass is 294 g/mol. The minimum absolute atomic E-state index is 0.337. The van der Waals surface area contributed by atoms with Gasteiger partial charge in [-0.15, -0.1) is 0 Å². The number of para-hydroxylation sites is 1. The van der Waals surface area contributed by atoms with Gasteiger partial charge in [0, 0.05) is 0 Å². The van der Waals surface area contributed by atoms with Gasteiger partial charge in [-0.1, -0.05) is 64.0 Å². The van der Waals surface area contributed by atoms with E-state index in [1.165, 1.54) is 38.2 Å². The fraction of sp³-hybridized carbons (Fsp3) is 0.588. The van der Waals surface area contributed by atoms with Crippen molar-refractivity contribution in [2.75, 3.05) is 5.32 Å². The molecule has 1 aromatic rings. The largest absolute Gasteiger partial charge is 0.371 e. The highest BCUT2D eigenvalue weighted by Crippen LogP contribution is 2.16. The first-order valence-electron chi connectivity index (χ1n) is 7.95. The van der Waals surface area contributed by atoms with Gasteiger partial charge in [-0.25, -0.2) is 4.39 Å². The molecule has 0 aliphatic heterocycles. The van der Waals surface area contributed by atoms with Crippen LogP contribution in [0.1, 0.15) is 58.3 Å². The molecule has 1 aromatic carbocycles. The molecule has 0 aliphatic rings. The van der Waals surface area contributed by atoms with Crippen molar-refractivity contribution in [3.05, 3.63) is 30.1 Å². The van der Waals surface area contributed by atoms with E-state index in [2.05, 4.69) is 12.2 Å². The van der Waals surface area contributed by atoms with Crippen LogP contribution in [0.15, 0.2) is 24.3 Å². The van der Waals surface area contributed by atoms with Gasteiger partial charge in [0.1, 0.15) is 11.9 Å². The van der Waals surface area contributed by atoms with Gasteiger partial charge in [0.15, 0.2) is 0 Å². The molecule has 3 N–H and O–H groups in total. The average Bonchev–Trinajstić information content (AvgIpc) is 2.46. The lowest BCUT2D eigenvalue weighted by Crippen LogP contribution is -2.35. The molecule has 21 heavy (non-hydrogen) atoms. The Labute approximate surface area is 127 Å². The summed E-state index contributed by atoms with van der Waals surface area (Å²) in [5.41, 5.74) is 5.73. The zero-order valence-electron chi connectivity index (χ0n) is 12.9. The normalized spacial score (nSPS) is 12.1. The van der Waals surface area contributed by atoms with Gasteiger partial charge in [0.2, 0.25) is 5.91 Å². The standard InChI is InChI=1S/C17H27FN2O/c1-2-3-4-5-6-7-8-13-16(17(19)21)20-15-12-10-9-11-14(15)18/h9-12,16,20H,2-8,13H2,1H3,(H2,19,21). The van der Waals surface area contributed by atoms with E-state index < -0.39 is 11.9 Å². The van der Waals surface area contributed by atoms with E-state index in [0.29, 0.717) is 12.1 Å². The minimum atomic E-state index is -0.502. The SMILES string of the molecule is CCCCCCCCCC(Nc1ccccc1F)C(N)=O. The maximum atomic E-state index is 13.6. The quantitative estimate of drug-likeness (QED) is 0.600. The number of hydrogen-bond donors (Lipinski definition) is 2. The Morgan fingerprint density at radius 1 is 1.14 bits per heavy atom. The number of amides is 1. The smallest absolute Gasteiger partial charge is 0.239 e. The van der Waals surface area contributed by atoms with Gasteiger partial charge in [-0.3, -0.25) is 4.79 Å².